The fraction of sp³-hybridized carbons (Fsp3) is 0.588. The Balaban J connectivity index is 1.94. The molecular formula is C17H27N3O. The lowest BCUT2D eigenvalue weighted by atomic mass is 9.98. The third-order valence-electron chi connectivity index (χ3n) is 4.23. The Morgan fingerprint density at radius 1 is 1.38 bits per heavy atom. The summed E-state index contributed by atoms with van der Waals surface area (Å²) in [5.74, 6) is 0.0684. The number of nitrogens with two attached hydrogens (primary N) is 1. The topological polar surface area (TPSA) is 58.4 Å². The molecule has 1 aliphatic rings. The lowest BCUT2D eigenvalue weighted by Crippen LogP contribution is -2.43. The van der Waals surface area contributed by atoms with Crippen molar-refractivity contribution in [3.8, 4) is 0 Å². The summed E-state index contributed by atoms with van der Waals surface area (Å²) in [7, 11) is 0. The third kappa shape index (κ3) is 4.55. The molecule has 1 amide bonds. The van der Waals surface area contributed by atoms with E-state index in [4.69, 9.17) is 5.73 Å². The van der Waals surface area contributed by atoms with Gasteiger partial charge >= 0.3 is 0 Å². The number of hydrogen-bond acceptors (Lipinski definition) is 3. The van der Waals surface area contributed by atoms with Gasteiger partial charge in [0.1, 0.15) is 0 Å². The molecule has 1 aliphatic heterocycles. The zero-order valence-electron chi connectivity index (χ0n) is 13.0. The molecular weight excluding hydrogens is 262 g/mol. The Hall–Kier alpha value is -1.39. The summed E-state index contributed by atoms with van der Waals surface area (Å²) < 4.78 is 0. The molecule has 0 saturated carbocycles. The van der Waals surface area contributed by atoms with Crippen LogP contribution in [0.3, 0.4) is 0 Å². The molecule has 1 aromatic carbocycles. The molecule has 0 aliphatic carbocycles. The number of para-hydroxylation sites is 1. The smallest absolute Gasteiger partial charge is 0.238 e. The van der Waals surface area contributed by atoms with Crippen molar-refractivity contribution in [1.29, 1.82) is 0 Å². The molecule has 0 bridgehead atoms. The molecule has 1 aromatic rings. The van der Waals surface area contributed by atoms with E-state index in [2.05, 4.69) is 17.1 Å². The molecule has 1 atom stereocenters. The molecule has 0 radical (unpaired) electrons. The van der Waals surface area contributed by atoms with Gasteiger partial charge in [-0.2, -0.15) is 0 Å². The number of amides is 1. The van der Waals surface area contributed by atoms with E-state index < -0.39 is 0 Å². The predicted molar refractivity (Wildman–Crippen MR) is 87.1 cm³/mol. The quantitative estimate of drug-likeness (QED) is 0.846. The highest BCUT2D eigenvalue weighted by Gasteiger charge is 2.23. The number of benzene rings is 1. The number of anilines is 1. The van der Waals surface area contributed by atoms with Crippen LogP contribution in [0, 0.1) is 0 Å². The first-order valence-electron chi connectivity index (χ1n) is 8.06. The first-order chi connectivity index (χ1) is 10.2. The van der Waals surface area contributed by atoms with Crippen LogP contribution in [0.25, 0.3) is 0 Å². The lowest BCUT2D eigenvalue weighted by molar-refractivity contribution is -0.118. The van der Waals surface area contributed by atoms with Crippen molar-refractivity contribution < 1.29 is 4.79 Å². The van der Waals surface area contributed by atoms with Crippen LogP contribution < -0.4 is 11.1 Å². The molecule has 2 rings (SSSR count). The Morgan fingerprint density at radius 2 is 2.19 bits per heavy atom. The maximum Gasteiger partial charge on any atom is 0.238 e. The minimum Gasteiger partial charge on any atom is -0.326 e. The van der Waals surface area contributed by atoms with Crippen molar-refractivity contribution in [3.05, 3.63) is 29.8 Å². The van der Waals surface area contributed by atoms with Crippen molar-refractivity contribution in [2.24, 2.45) is 5.73 Å². The predicted octanol–water partition coefficient (Wildman–Crippen LogP) is 2.74. The summed E-state index contributed by atoms with van der Waals surface area (Å²) in [4.78, 5) is 14.6. The minimum absolute atomic E-state index is 0.0684. The van der Waals surface area contributed by atoms with Crippen LogP contribution in [0.15, 0.2) is 24.3 Å². The summed E-state index contributed by atoms with van der Waals surface area (Å²) in [5.41, 5.74) is 7.53. The van der Waals surface area contributed by atoms with Crippen LogP contribution in [0.4, 0.5) is 5.69 Å². The molecule has 4 nitrogen and oxygen atoms in total. The van der Waals surface area contributed by atoms with Crippen molar-refractivity contribution >= 4 is 11.6 Å². The number of piperidine rings is 1. The van der Waals surface area contributed by atoms with Gasteiger partial charge in [-0.15, -0.1) is 0 Å². The number of carbonyl (C=O) groups is 1. The van der Waals surface area contributed by atoms with Crippen molar-refractivity contribution in [1.82, 2.24) is 4.90 Å². The van der Waals surface area contributed by atoms with Crippen LogP contribution in [-0.2, 0) is 11.3 Å². The zero-order chi connectivity index (χ0) is 15.1. The molecule has 0 aromatic heterocycles. The summed E-state index contributed by atoms with van der Waals surface area (Å²) in [6.07, 6.45) is 6.08. The van der Waals surface area contributed by atoms with Crippen LogP contribution in [0.5, 0.6) is 0 Å². The lowest BCUT2D eigenvalue weighted by Gasteiger charge is -2.35. The van der Waals surface area contributed by atoms with E-state index in [1.165, 1.54) is 32.1 Å². The Morgan fingerprint density at radius 3 is 2.95 bits per heavy atom. The number of carbonyl (C=O) groups excluding carboxylic acids is 1. The van der Waals surface area contributed by atoms with Crippen LogP contribution in [0.2, 0.25) is 0 Å². The van der Waals surface area contributed by atoms with Crippen molar-refractivity contribution in [2.45, 2.75) is 51.6 Å². The maximum absolute atomic E-state index is 12.3. The van der Waals surface area contributed by atoms with Gasteiger partial charge in [0.25, 0.3) is 0 Å². The van der Waals surface area contributed by atoms with Gasteiger partial charge in [-0.3, -0.25) is 9.69 Å². The summed E-state index contributed by atoms with van der Waals surface area (Å²) in [6, 6.07) is 8.31. The Labute approximate surface area is 127 Å². The van der Waals surface area contributed by atoms with Crippen molar-refractivity contribution in [3.63, 3.8) is 0 Å². The van der Waals surface area contributed by atoms with Gasteiger partial charge in [0.15, 0.2) is 0 Å². The average molecular weight is 289 g/mol. The first-order valence-corrected chi connectivity index (χ1v) is 8.06. The highest BCUT2D eigenvalue weighted by Crippen LogP contribution is 2.21. The maximum atomic E-state index is 12.3. The normalized spacial score (nSPS) is 19.4. The second kappa shape index (κ2) is 8.15. The highest BCUT2D eigenvalue weighted by molar-refractivity contribution is 5.93. The summed E-state index contributed by atoms with van der Waals surface area (Å²) >= 11 is 0. The molecule has 116 valence electrons. The minimum atomic E-state index is 0.0684. The van der Waals surface area contributed by atoms with E-state index in [0.29, 0.717) is 19.1 Å². The Bertz CT molecular complexity index is 459. The number of nitrogens with zero attached hydrogens (tertiary/aromatic N) is 1. The van der Waals surface area contributed by atoms with Gasteiger partial charge in [-0.05, 0) is 37.4 Å². The van der Waals surface area contributed by atoms with Crippen LogP contribution in [-0.4, -0.2) is 29.9 Å². The van der Waals surface area contributed by atoms with Crippen LogP contribution >= 0.6 is 0 Å². The van der Waals surface area contributed by atoms with Gasteiger partial charge in [0, 0.05) is 18.3 Å². The largest absolute Gasteiger partial charge is 0.326 e. The number of rotatable bonds is 6. The molecule has 1 heterocycles. The van der Waals surface area contributed by atoms with E-state index in [0.717, 1.165) is 17.8 Å². The summed E-state index contributed by atoms with van der Waals surface area (Å²) in [5, 5.41) is 3.01. The number of nitrogens with one attached hydrogen (secondary N) is 1. The van der Waals surface area contributed by atoms with E-state index >= 15 is 0 Å². The van der Waals surface area contributed by atoms with Gasteiger partial charge in [0.2, 0.25) is 5.91 Å². The van der Waals surface area contributed by atoms with E-state index in [1.807, 2.05) is 24.3 Å². The second-order valence-electron chi connectivity index (χ2n) is 5.82. The van der Waals surface area contributed by atoms with Gasteiger partial charge in [-0.1, -0.05) is 38.0 Å². The zero-order valence-corrected chi connectivity index (χ0v) is 13.0. The molecule has 1 fully saturated rings. The fourth-order valence-corrected chi connectivity index (χ4v) is 3.12. The molecule has 0 spiro atoms. The Kier molecular flexibility index (Phi) is 6.21. The number of hydrogen-bond donors (Lipinski definition) is 2. The molecule has 4 heteroatoms. The molecule has 1 unspecified atom stereocenters. The van der Waals surface area contributed by atoms with Gasteiger partial charge in [-0.25, -0.2) is 0 Å². The van der Waals surface area contributed by atoms with Crippen LogP contribution in [0.1, 0.15) is 44.6 Å². The summed E-state index contributed by atoms with van der Waals surface area (Å²) in [6.45, 7) is 4.18. The second-order valence-corrected chi connectivity index (χ2v) is 5.82. The fourth-order valence-electron chi connectivity index (χ4n) is 3.12. The highest BCUT2D eigenvalue weighted by atomic mass is 16.2. The third-order valence-corrected chi connectivity index (χ3v) is 4.23. The first kappa shape index (κ1) is 16.0. The molecule has 21 heavy (non-hydrogen) atoms. The number of likely N-dealkylation sites (tertiary alicyclic amines) is 1. The molecule has 1 saturated heterocycles. The monoisotopic (exact) mass is 289 g/mol. The SMILES string of the molecule is CCCC1CCCCN1CC(=O)Nc1ccccc1CN. The average Bonchev–Trinajstić information content (AvgIpc) is 2.50. The van der Waals surface area contributed by atoms with Crippen molar-refractivity contribution in [2.75, 3.05) is 18.4 Å². The van der Waals surface area contributed by atoms with E-state index in [1.54, 1.807) is 0 Å². The standard InChI is InChI=1S/C17H27N3O/c1-2-7-15-9-5-6-11-20(15)13-17(21)19-16-10-4-3-8-14(16)12-18/h3-4,8,10,15H,2,5-7,9,11-13,18H2,1H3,(H,19,21). The van der Waals surface area contributed by atoms with E-state index in [9.17, 15) is 4.79 Å². The molecule has 3 N–H and O–H groups in total. The van der Waals surface area contributed by atoms with Gasteiger partial charge in [0.05, 0.1) is 6.54 Å². The van der Waals surface area contributed by atoms with Gasteiger partial charge < -0.3 is 11.1 Å². The van der Waals surface area contributed by atoms with E-state index in [-0.39, 0.29) is 5.91 Å².